The number of hydrogen-bond acceptors (Lipinski definition) is 5. The summed E-state index contributed by atoms with van der Waals surface area (Å²) in [6, 6.07) is 6.56. The van der Waals surface area contributed by atoms with Crippen LogP contribution in [-0.2, 0) is 14.6 Å². The summed E-state index contributed by atoms with van der Waals surface area (Å²) in [7, 11) is -3.19. The van der Waals surface area contributed by atoms with Crippen molar-refractivity contribution in [3.63, 3.8) is 0 Å². The fraction of sp³-hybridized carbons (Fsp3) is 0.533. The molecule has 1 atom stereocenters. The smallest absolute Gasteiger partial charge is 0.223 e. The van der Waals surface area contributed by atoms with Crippen molar-refractivity contribution in [3.8, 4) is 5.75 Å². The highest BCUT2D eigenvalue weighted by Gasteiger charge is 2.14. The first-order chi connectivity index (χ1) is 10.4. The third kappa shape index (κ3) is 6.76. The van der Waals surface area contributed by atoms with Gasteiger partial charge in [-0.3, -0.25) is 4.79 Å². The van der Waals surface area contributed by atoms with Gasteiger partial charge in [0.1, 0.15) is 5.75 Å². The Morgan fingerprint density at radius 3 is 2.61 bits per heavy atom. The Labute approximate surface area is 143 Å². The number of rotatable bonds is 7. The molecule has 0 saturated carbocycles. The molecule has 23 heavy (non-hydrogen) atoms. The van der Waals surface area contributed by atoms with Gasteiger partial charge in [-0.05, 0) is 43.7 Å². The molecule has 1 aromatic rings. The number of nitrogens with one attached hydrogen (secondary N) is 2. The highest BCUT2D eigenvalue weighted by atomic mass is 35.5. The maximum atomic E-state index is 11.7. The van der Waals surface area contributed by atoms with Crippen LogP contribution >= 0.6 is 12.4 Å². The highest BCUT2D eigenvalue weighted by Crippen LogP contribution is 2.15. The van der Waals surface area contributed by atoms with E-state index in [-0.39, 0.29) is 36.2 Å². The SMILES string of the molecule is CS(=O)(=O)c1ccc(OCCC(=O)NCC2CCCN2)cc1.Cl. The first-order valence-electron chi connectivity index (χ1n) is 7.38. The van der Waals surface area contributed by atoms with Gasteiger partial charge in [-0.2, -0.15) is 0 Å². The number of carbonyl (C=O) groups excluding carboxylic acids is 1. The minimum absolute atomic E-state index is 0. The van der Waals surface area contributed by atoms with Crippen LogP contribution < -0.4 is 15.4 Å². The Morgan fingerprint density at radius 2 is 2.04 bits per heavy atom. The van der Waals surface area contributed by atoms with Crippen molar-refractivity contribution >= 4 is 28.2 Å². The average molecular weight is 363 g/mol. The van der Waals surface area contributed by atoms with E-state index in [2.05, 4.69) is 10.6 Å². The van der Waals surface area contributed by atoms with Crippen molar-refractivity contribution in [1.82, 2.24) is 10.6 Å². The van der Waals surface area contributed by atoms with E-state index in [0.717, 1.165) is 25.6 Å². The van der Waals surface area contributed by atoms with Crippen molar-refractivity contribution in [2.45, 2.75) is 30.2 Å². The highest BCUT2D eigenvalue weighted by molar-refractivity contribution is 7.90. The van der Waals surface area contributed by atoms with Crippen LogP contribution in [0.5, 0.6) is 5.75 Å². The molecule has 1 aromatic carbocycles. The Kier molecular flexibility index (Phi) is 7.81. The third-order valence-corrected chi connectivity index (χ3v) is 4.69. The third-order valence-electron chi connectivity index (χ3n) is 3.56. The second-order valence-electron chi connectivity index (χ2n) is 5.44. The van der Waals surface area contributed by atoms with Gasteiger partial charge in [-0.1, -0.05) is 0 Å². The molecular weight excluding hydrogens is 340 g/mol. The van der Waals surface area contributed by atoms with Gasteiger partial charge in [0.2, 0.25) is 5.91 Å². The summed E-state index contributed by atoms with van der Waals surface area (Å²) in [5.41, 5.74) is 0. The minimum Gasteiger partial charge on any atom is -0.493 e. The van der Waals surface area contributed by atoms with E-state index in [9.17, 15) is 13.2 Å². The van der Waals surface area contributed by atoms with Gasteiger partial charge in [0.05, 0.1) is 17.9 Å². The molecule has 1 aliphatic rings. The number of sulfone groups is 1. The Morgan fingerprint density at radius 1 is 1.35 bits per heavy atom. The summed E-state index contributed by atoms with van der Waals surface area (Å²) in [5, 5.41) is 6.20. The average Bonchev–Trinajstić information content (AvgIpc) is 2.98. The van der Waals surface area contributed by atoms with Crippen molar-refractivity contribution in [2.24, 2.45) is 0 Å². The van der Waals surface area contributed by atoms with Crippen LogP contribution in [0.4, 0.5) is 0 Å². The molecule has 1 aliphatic heterocycles. The van der Waals surface area contributed by atoms with Crippen LogP contribution in [-0.4, -0.2) is 46.3 Å². The fourth-order valence-electron chi connectivity index (χ4n) is 2.30. The quantitative estimate of drug-likeness (QED) is 0.760. The summed E-state index contributed by atoms with van der Waals surface area (Å²) in [6.07, 6.45) is 3.70. The van der Waals surface area contributed by atoms with Crippen LogP contribution in [0.3, 0.4) is 0 Å². The van der Waals surface area contributed by atoms with Crippen LogP contribution in [0.1, 0.15) is 19.3 Å². The largest absolute Gasteiger partial charge is 0.493 e. The van der Waals surface area contributed by atoms with Gasteiger partial charge in [0.25, 0.3) is 0 Å². The molecule has 8 heteroatoms. The van der Waals surface area contributed by atoms with E-state index < -0.39 is 9.84 Å². The zero-order valence-corrected chi connectivity index (χ0v) is 14.7. The molecule has 1 fully saturated rings. The summed E-state index contributed by atoms with van der Waals surface area (Å²) in [6.45, 7) is 1.94. The molecule has 1 saturated heterocycles. The molecule has 0 aromatic heterocycles. The molecule has 0 aliphatic carbocycles. The van der Waals surface area contributed by atoms with Gasteiger partial charge in [-0.25, -0.2) is 8.42 Å². The van der Waals surface area contributed by atoms with Gasteiger partial charge in [-0.15, -0.1) is 12.4 Å². The number of carbonyl (C=O) groups is 1. The van der Waals surface area contributed by atoms with Gasteiger partial charge >= 0.3 is 0 Å². The van der Waals surface area contributed by atoms with Crippen molar-refractivity contribution in [3.05, 3.63) is 24.3 Å². The number of amides is 1. The van der Waals surface area contributed by atoms with E-state index in [1.54, 1.807) is 12.1 Å². The number of halogens is 1. The zero-order valence-electron chi connectivity index (χ0n) is 13.1. The monoisotopic (exact) mass is 362 g/mol. The Balaban J connectivity index is 0.00000264. The second kappa shape index (κ2) is 9.10. The second-order valence-corrected chi connectivity index (χ2v) is 7.46. The molecule has 0 bridgehead atoms. The standard InChI is InChI=1S/C15H22N2O4S.ClH/c1-22(19,20)14-6-4-13(5-7-14)21-10-8-15(18)17-11-12-3-2-9-16-12;/h4-7,12,16H,2-3,8-11H2,1H3,(H,17,18);1H. The maximum absolute atomic E-state index is 11.7. The van der Waals surface area contributed by atoms with E-state index in [1.807, 2.05) is 0 Å². The molecule has 1 heterocycles. The van der Waals surface area contributed by atoms with E-state index in [0.29, 0.717) is 18.3 Å². The predicted octanol–water partition coefficient (Wildman–Crippen LogP) is 1.15. The normalized spacial score (nSPS) is 17.3. The summed E-state index contributed by atoms with van der Waals surface area (Å²) >= 11 is 0. The molecule has 130 valence electrons. The number of hydrogen-bond donors (Lipinski definition) is 2. The van der Waals surface area contributed by atoms with Crippen LogP contribution in [0.25, 0.3) is 0 Å². The Bertz CT molecular complexity index is 598. The number of ether oxygens (including phenoxy) is 1. The Hall–Kier alpha value is -1.31. The molecule has 1 amide bonds. The molecule has 1 unspecified atom stereocenters. The molecule has 0 radical (unpaired) electrons. The summed E-state index contributed by atoms with van der Waals surface area (Å²) in [5.74, 6) is 0.513. The van der Waals surface area contributed by atoms with Crippen molar-refractivity contribution in [2.75, 3.05) is 26.0 Å². The first-order valence-corrected chi connectivity index (χ1v) is 9.27. The van der Waals surface area contributed by atoms with E-state index in [1.165, 1.54) is 12.1 Å². The molecular formula is C15H23ClN2O4S. The first kappa shape index (κ1) is 19.7. The molecule has 2 rings (SSSR count). The van der Waals surface area contributed by atoms with Gasteiger partial charge in [0.15, 0.2) is 9.84 Å². The minimum atomic E-state index is -3.19. The van der Waals surface area contributed by atoms with Crippen LogP contribution in [0.2, 0.25) is 0 Å². The predicted molar refractivity (Wildman–Crippen MR) is 90.9 cm³/mol. The maximum Gasteiger partial charge on any atom is 0.223 e. The molecule has 2 N–H and O–H groups in total. The molecule has 0 spiro atoms. The lowest BCUT2D eigenvalue weighted by atomic mass is 10.2. The van der Waals surface area contributed by atoms with E-state index >= 15 is 0 Å². The summed E-state index contributed by atoms with van der Waals surface area (Å²) in [4.78, 5) is 11.9. The topological polar surface area (TPSA) is 84.5 Å². The van der Waals surface area contributed by atoms with Crippen LogP contribution in [0, 0.1) is 0 Å². The van der Waals surface area contributed by atoms with Crippen molar-refractivity contribution < 1.29 is 17.9 Å². The zero-order chi connectivity index (χ0) is 16.0. The van der Waals surface area contributed by atoms with E-state index in [4.69, 9.17) is 4.74 Å². The van der Waals surface area contributed by atoms with Gasteiger partial charge in [0, 0.05) is 18.8 Å². The summed E-state index contributed by atoms with van der Waals surface area (Å²) < 4.78 is 28.1. The lowest BCUT2D eigenvalue weighted by Gasteiger charge is -2.11. The molecule has 6 nitrogen and oxygen atoms in total. The fourth-order valence-corrected chi connectivity index (χ4v) is 2.93. The lowest BCUT2D eigenvalue weighted by Crippen LogP contribution is -2.37. The lowest BCUT2D eigenvalue weighted by molar-refractivity contribution is -0.121. The van der Waals surface area contributed by atoms with Gasteiger partial charge < -0.3 is 15.4 Å². The van der Waals surface area contributed by atoms with Crippen molar-refractivity contribution in [1.29, 1.82) is 0 Å². The van der Waals surface area contributed by atoms with Crippen LogP contribution in [0.15, 0.2) is 29.2 Å². The number of benzene rings is 1.